The first-order valence-electron chi connectivity index (χ1n) is 9.62. The Morgan fingerprint density at radius 3 is 2.81 bits per heavy atom. The van der Waals surface area contributed by atoms with E-state index in [-0.39, 0.29) is 6.79 Å². The summed E-state index contributed by atoms with van der Waals surface area (Å²) < 4.78 is 11.0. The Labute approximate surface area is 182 Å². The van der Waals surface area contributed by atoms with Crippen molar-refractivity contribution in [2.45, 2.75) is 6.54 Å². The van der Waals surface area contributed by atoms with Crippen molar-refractivity contribution in [1.82, 2.24) is 9.97 Å². The van der Waals surface area contributed by atoms with Crippen molar-refractivity contribution in [3.05, 3.63) is 78.0 Å². The summed E-state index contributed by atoms with van der Waals surface area (Å²) in [6.07, 6.45) is 1.76. The van der Waals surface area contributed by atoms with Crippen molar-refractivity contribution in [2.75, 3.05) is 12.1 Å². The number of pyridine rings is 1. The van der Waals surface area contributed by atoms with Gasteiger partial charge in [-0.1, -0.05) is 29.5 Å². The Morgan fingerprint density at radius 2 is 1.97 bits per heavy atom. The van der Waals surface area contributed by atoms with Crippen LogP contribution in [0.4, 0.5) is 5.13 Å². The van der Waals surface area contributed by atoms with Crippen molar-refractivity contribution in [3.63, 3.8) is 0 Å². The van der Waals surface area contributed by atoms with Gasteiger partial charge >= 0.3 is 0 Å². The Hall–Kier alpha value is -3.91. The number of hydrogen-bond acceptors (Lipinski definition) is 7. The molecule has 0 bridgehead atoms. The molecule has 5 rings (SSSR count). The first-order valence-corrected chi connectivity index (χ1v) is 10.4. The molecule has 0 unspecified atom stereocenters. The number of hydrogen-bond donors (Lipinski definition) is 2. The molecule has 1 aliphatic rings. The number of nitrogens with two attached hydrogens (primary N) is 1. The van der Waals surface area contributed by atoms with Crippen LogP contribution in [-0.2, 0) is 6.54 Å². The van der Waals surface area contributed by atoms with Gasteiger partial charge in [-0.05, 0) is 48.0 Å². The van der Waals surface area contributed by atoms with Crippen molar-refractivity contribution in [3.8, 4) is 33.3 Å². The van der Waals surface area contributed by atoms with Gasteiger partial charge in [0.1, 0.15) is 0 Å². The van der Waals surface area contributed by atoms with E-state index in [0.29, 0.717) is 17.9 Å². The zero-order chi connectivity index (χ0) is 21.2. The third kappa shape index (κ3) is 3.93. The largest absolute Gasteiger partial charge is 0.454 e. The summed E-state index contributed by atoms with van der Waals surface area (Å²) in [6, 6.07) is 18.8. The summed E-state index contributed by atoms with van der Waals surface area (Å²) in [6.45, 7) is 0.733. The predicted octanol–water partition coefficient (Wildman–Crippen LogP) is 4.31. The Bertz CT molecular complexity index is 1260. The molecule has 0 atom stereocenters. The SMILES string of the molecule is NC(=O)c1cccc(CNc2nc(-c3ccc4c(c3)OCO4)c(-c3ccccn3)s2)c1. The molecule has 0 saturated carbocycles. The lowest BCUT2D eigenvalue weighted by Gasteiger charge is -2.04. The van der Waals surface area contributed by atoms with E-state index >= 15 is 0 Å². The number of amides is 1. The van der Waals surface area contributed by atoms with Crippen molar-refractivity contribution in [1.29, 1.82) is 0 Å². The topological polar surface area (TPSA) is 99.4 Å². The molecule has 7 nitrogen and oxygen atoms in total. The van der Waals surface area contributed by atoms with Crippen LogP contribution in [0.25, 0.3) is 21.8 Å². The van der Waals surface area contributed by atoms with Crippen LogP contribution < -0.4 is 20.5 Å². The quantitative estimate of drug-likeness (QED) is 0.473. The monoisotopic (exact) mass is 430 g/mol. The summed E-state index contributed by atoms with van der Waals surface area (Å²) in [7, 11) is 0. The van der Waals surface area contributed by atoms with Gasteiger partial charge in [0.2, 0.25) is 12.7 Å². The Balaban J connectivity index is 1.48. The number of anilines is 1. The molecule has 1 amide bonds. The van der Waals surface area contributed by atoms with Gasteiger partial charge in [0.25, 0.3) is 0 Å². The predicted molar refractivity (Wildman–Crippen MR) is 119 cm³/mol. The highest BCUT2D eigenvalue weighted by atomic mass is 32.1. The first kappa shape index (κ1) is 19.1. The van der Waals surface area contributed by atoms with Crippen LogP contribution in [0.2, 0.25) is 0 Å². The number of aromatic nitrogens is 2. The fourth-order valence-electron chi connectivity index (χ4n) is 3.32. The molecular formula is C23H18N4O3S. The van der Waals surface area contributed by atoms with Gasteiger partial charge < -0.3 is 20.5 Å². The van der Waals surface area contributed by atoms with Gasteiger partial charge in [0, 0.05) is 23.9 Å². The maximum Gasteiger partial charge on any atom is 0.248 e. The lowest BCUT2D eigenvalue weighted by molar-refractivity contribution is 0.1000. The van der Waals surface area contributed by atoms with Gasteiger partial charge in [0.15, 0.2) is 16.6 Å². The van der Waals surface area contributed by atoms with Crippen molar-refractivity contribution in [2.24, 2.45) is 5.73 Å². The average molecular weight is 430 g/mol. The normalized spacial score (nSPS) is 12.0. The van der Waals surface area contributed by atoms with Crippen LogP contribution >= 0.6 is 11.3 Å². The van der Waals surface area contributed by atoms with Crippen LogP contribution in [-0.4, -0.2) is 22.7 Å². The van der Waals surface area contributed by atoms with E-state index in [1.807, 2.05) is 48.5 Å². The number of ether oxygens (including phenoxy) is 2. The number of nitrogens with one attached hydrogen (secondary N) is 1. The third-order valence-electron chi connectivity index (χ3n) is 4.83. The van der Waals surface area contributed by atoms with Crippen LogP contribution in [0.15, 0.2) is 66.9 Å². The maximum atomic E-state index is 11.4. The number of thiazole rings is 1. The minimum Gasteiger partial charge on any atom is -0.454 e. The minimum absolute atomic E-state index is 0.222. The lowest BCUT2D eigenvalue weighted by atomic mass is 10.1. The van der Waals surface area contributed by atoms with Crippen LogP contribution in [0, 0.1) is 0 Å². The van der Waals surface area contributed by atoms with Crippen LogP contribution in [0.3, 0.4) is 0 Å². The average Bonchev–Trinajstić information content (AvgIpc) is 3.45. The number of nitrogens with zero attached hydrogens (tertiary/aromatic N) is 2. The summed E-state index contributed by atoms with van der Waals surface area (Å²) in [4.78, 5) is 21.7. The Morgan fingerprint density at radius 1 is 1.06 bits per heavy atom. The number of carbonyl (C=O) groups excluding carboxylic acids is 1. The van der Waals surface area contributed by atoms with Crippen LogP contribution in [0.1, 0.15) is 15.9 Å². The molecule has 2 aromatic carbocycles. The zero-order valence-electron chi connectivity index (χ0n) is 16.4. The van der Waals surface area contributed by atoms with E-state index in [1.54, 1.807) is 18.3 Å². The molecule has 0 radical (unpaired) electrons. The number of carbonyl (C=O) groups is 1. The van der Waals surface area contributed by atoms with E-state index < -0.39 is 5.91 Å². The Kier molecular flexibility index (Phi) is 4.97. The highest BCUT2D eigenvalue weighted by molar-refractivity contribution is 7.19. The zero-order valence-corrected chi connectivity index (χ0v) is 17.2. The van der Waals surface area contributed by atoms with E-state index in [4.69, 9.17) is 20.2 Å². The molecular weight excluding hydrogens is 412 g/mol. The number of fused-ring (bicyclic) bond motifs is 1. The fraction of sp³-hybridized carbons (Fsp3) is 0.0870. The molecule has 8 heteroatoms. The highest BCUT2D eigenvalue weighted by Gasteiger charge is 2.20. The second-order valence-corrected chi connectivity index (χ2v) is 7.90. The van der Waals surface area contributed by atoms with E-state index in [2.05, 4.69) is 10.3 Å². The summed E-state index contributed by atoms with van der Waals surface area (Å²) in [5, 5.41) is 4.10. The second-order valence-electron chi connectivity index (χ2n) is 6.90. The van der Waals surface area contributed by atoms with E-state index in [9.17, 15) is 4.79 Å². The molecule has 0 aliphatic carbocycles. The summed E-state index contributed by atoms with van der Waals surface area (Å²) in [5.74, 6) is 0.986. The van der Waals surface area contributed by atoms with Gasteiger partial charge in [-0.2, -0.15) is 0 Å². The first-order chi connectivity index (χ1) is 15.2. The van der Waals surface area contributed by atoms with Crippen LogP contribution in [0.5, 0.6) is 11.5 Å². The smallest absolute Gasteiger partial charge is 0.248 e. The molecule has 2 aromatic heterocycles. The second kappa shape index (κ2) is 8.08. The molecule has 3 heterocycles. The molecule has 1 aliphatic heterocycles. The summed E-state index contributed by atoms with van der Waals surface area (Å²) >= 11 is 1.52. The van der Waals surface area contributed by atoms with E-state index in [0.717, 1.165) is 38.3 Å². The number of rotatable bonds is 6. The standard InChI is InChI=1S/C23H18N4O3S/c24-22(28)16-5-3-4-14(10-16)12-26-23-27-20(21(31-23)17-6-1-2-9-25-17)15-7-8-18-19(11-15)30-13-29-18/h1-11H,12-13H2,(H2,24,28)(H,26,27). The molecule has 0 saturated heterocycles. The summed E-state index contributed by atoms with van der Waals surface area (Å²) in [5.41, 5.74) is 9.39. The van der Waals surface area contributed by atoms with Gasteiger partial charge in [0.05, 0.1) is 16.3 Å². The fourth-order valence-corrected chi connectivity index (χ4v) is 4.28. The molecule has 4 aromatic rings. The number of primary amides is 1. The third-order valence-corrected chi connectivity index (χ3v) is 5.86. The number of benzene rings is 2. The van der Waals surface area contributed by atoms with Gasteiger partial charge in [-0.3, -0.25) is 9.78 Å². The van der Waals surface area contributed by atoms with Gasteiger partial charge in [-0.15, -0.1) is 0 Å². The molecule has 0 fully saturated rings. The molecule has 3 N–H and O–H groups in total. The molecule has 31 heavy (non-hydrogen) atoms. The lowest BCUT2D eigenvalue weighted by Crippen LogP contribution is -2.11. The van der Waals surface area contributed by atoms with Crippen molar-refractivity contribution < 1.29 is 14.3 Å². The minimum atomic E-state index is -0.446. The van der Waals surface area contributed by atoms with Gasteiger partial charge in [-0.25, -0.2) is 4.98 Å². The van der Waals surface area contributed by atoms with E-state index in [1.165, 1.54) is 11.3 Å². The molecule has 0 spiro atoms. The highest BCUT2D eigenvalue weighted by Crippen LogP contribution is 2.42. The molecule has 154 valence electrons. The van der Waals surface area contributed by atoms with Crippen molar-refractivity contribution >= 4 is 22.4 Å². The maximum absolute atomic E-state index is 11.4.